The zero-order valence-corrected chi connectivity index (χ0v) is 17.8. The molecule has 1 heterocycles. The van der Waals surface area contributed by atoms with Gasteiger partial charge in [0.25, 0.3) is 5.91 Å². The fraction of sp³-hybridized carbons (Fsp3) is 0.423. The van der Waals surface area contributed by atoms with E-state index in [1.54, 1.807) is 0 Å². The van der Waals surface area contributed by atoms with Crippen molar-refractivity contribution >= 4 is 5.91 Å². The van der Waals surface area contributed by atoms with Crippen LogP contribution >= 0.6 is 0 Å². The molecule has 0 spiro atoms. The molecule has 5 heteroatoms. The molecule has 0 radical (unpaired) electrons. The maximum Gasteiger partial charge on any atom is 0.286 e. The second kappa shape index (κ2) is 10.6. The molecule has 2 atom stereocenters. The van der Waals surface area contributed by atoms with E-state index in [4.69, 9.17) is 9.47 Å². The van der Waals surface area contributed by atoms with Gasteiger partial charge < -0.3 is 19.9 Å². The Bertz CT molecular complexity index is 872. The molecule has 0 aromatic heterocycles. The molecule has 164 valence electrons. The van der Waals surface area contributed by atoms with Crippen LogP contribution in [0.15, 0.2) is 66.4 Å². The molecule has 1 amide bonds. The largest absolute Gasteiger partial charge is 0.459 e. The Morgan fingerprint density at radius 2 is 1.71 bits per heavy atom. The van der Waals surface area contributed by atoms with Crippen LogP contribution in [0.3, 0.4) is 0 Å². The van der Waals surface area contributed by atoms with Crippen LogP contribution < -0.4 is 5.32 Å². The second-order valence-corrected chi connectivity index (χ2v) is 8.43. The predicted molar refractivity (Wildman–Crippen MR) is 119 cm³/mol. The van der Waals surface area contributed by atoms with Crippen molar-refractivity contribution < 1.29 is 19.4 Å². The van der Waals surface area contributed by atoms with Crippen molar-refractivity contribution in [3.63, 3.8) is 0 Å². The average Bonchev–Trinajstić information content (AvgIpc) is 2.84. The Labute approximate surface area is 184 Å². The normalized spacial score (nSPS) is 21.8. The average molecular weight is 422 g/mol. The summed E-state index contributed by atoms with van der Waals surface area (Å²) >= 11 is 0. The van der Waals surface area contributed by atoms with Gasteiger partial charge >= 0.3 is 0 Å². The topological polar surface area (TPSA) is 67.8 Å². The molecule has 1 saturated carbocycles. The van der Waals surface area contributed by atoms with E-state index in [-0.39, 0.29) is 24.5 Å². The SMILES string of the molecule is O=C(NC1CCCCC1)C1=C[C@H](c2ccccc2)C[C@H](OCc2ccc(CO)cc2)O1. The van der Waals surface area contributed by atoms with E-state index in [9.17, 15) is 9.90 Å². The van der Waals surface area contributed by atoms with Crippen LogP contribution in [0.4, 0.5) is 0 Å². The maximum atomic E-state index is 12.9. The maximum absolute atomic E-state index is 12.9. The van der Waals surface area contributed by atoms with Gasteiger partial charge in [0.15, 0.2) is 5.76 Å². The highest BCUT2D eigenvalue weighted by molar-refractivity contribution is 5.92. The predicted octanol–water partition coefficient (Wildman–Crippen LogP) is 4.56. The first-order valence-corrected chi connectivity index (χ1v) is 11.3. The summed E-state index contributed by atoms with van der Waals surface area (Å²) in [7, 11) is 0. The summed E-state index contributed by atoms with van der Waals surface area (Å²) in [6, 6.07) is 18.1. The second-order valence-electron chi connectivity index (χ2n) is 8.43. The van der Waals surface area contributed by atoms with Crippen LogP contribution in [0.1, 0.15) is 61.1 Å². The van der Waals surface area contributed by atoms with Crippen LogP contribution in [0, 0.1) is 0 Å². The Hall–Kier alpha value is -2.63. The number of ether oxygens (including phenoxy) is 2. The Balaban J connectivity index is 1.45. The number of nitrogens with one attached hydrogen (secondary N) is 1. The minimum atomic E-state index is -0.500. The lowest BCUT2D eigenvalue weighted by Gasteiger charge is -2.30. The van der Waals surface area contributed by atoms with Gasteiger partial charge in [0.1, 0.15) is 0 Å². The van der Waals surface area contributed by atoms with E-state index in [1.807, 2.05) is 48.5 Å². The molecule has 0 bridgehead atoms. The van der Waals surface area contributed by atoms with E-state index in [0.717, 1.165) is 42.4 Å². The zero-order valence-electron chi connectivity index (χ0n) is 17.8. The Morgan fingerprint density at radius 3 is 2.42 bits per heavy atom. The molecular formula is C26H31NO4. The third-order valence-electron chi connectivity index (χ3n) is 6.09. The van der Waals surface area contributed by atoms with Gasteiger partial charge in [0.2, 0.25) is 6.29 Å². The number of hydrogen-bond donors (Lipinski definition) is 2. The lowest BCUT2D eigenvalue weighted by atomic mass is 9.92. The number of carbonyl (C=O) groups is 1. The zero-order chi connectivity index (χ0) is 21.5. The molecule has 1 aliphatic carbocycles. The van der Waals surface area contributed by atoms with Gasteiger partial charge in [0, 0.05) is 18.4 Å². The summed E-state index contributed by atoms with van der Waals surface area (Å²) in [4.78, 5) is 12.9. The number of amides is 1. The van der Waals surface area contributed by atoms with E-state index in [2.05, 4.69) is 17.4 Å². The molecule has 0 saturated heterocycles. The molecule has 1 fully saturated rings. The summed E-state index contributed by atoms with van der Waals surface area (Å²) in [5.41, 5.74) is 3.01. The first-order valence-electron chi connectivity index (χ1n) is 11.3. The summed E-state index contributed by atoms with van der Waals surface area (Å²) in [5.74, 6) is 0.267. The smallest absolute Gasteiger partial charge is 0.286 e. The summed E-state index contributed by atoms with van der Waals surface area (Å²) in [6.45, 7) is 0.408. The van der Waals surface area contributed by atoms with Crippen molar-refractivity contribution in [3.05, 3.63) is 83.1 Å². The third kappa shape index (κ3) is 5.96. The highest BCUT2D eigenvalue weighted by atomic mass is 16.7. The van der Waals surface area contributed by atoms with Crippen molar-refractivity contribution in [2.45, 2.75) is 70.0 Å². The monoisotopic (exact) mass is 421 g/mol. The number of benzene rings is 2. The van der Waals surface area contributed by atoms with Crippen LogP contribution in [0.25, 0.3) is 0 Å². The van der Waals surface area contributed by atoms with Crippen LogP contribution in [-0.2, 0) is 27.5 Å². The Kier molecular flexibility index (Phi) is 7.39. The van der Waals surface area contributed by atoms with Crippen LogP contribution in [0.2, 0.25) is 0 Å². The lowest BCUT2D eigenvalue weighted by molar-refractivity contribution is -0.150. The van der Waals surface area contributed by atoms with Crippen molar-refractivity contribution in [3.8, 4) is 0 Å². The van der Waals surface area contributed by atoms with Gasteiger partial charge in [-0.05, 0) is 35.6 Å². The fourth-order valence-electron chi connectivity index (χ4n) is 4.28. The standard InChI is InChI=1S/C26H31NO4/c28-17-19-11-13-20(14-12-19)18-30-25-16-22(21-7-3-1-4-8-21)15-24(31-25)26(29)27-23-9-5-2-6-10-23/h1,3-4,7-8,11-15,22-23,25,28H,2,5-6,9-10,16-18H2,(H,27,29)/t22-,25+/m0/s1. The van der Waals surface area contributed by atoms with E-state index < -0.39 is 6.29 Å². The highest BCUT2D eigenvalue weighted by Gasteiger charge is 2.30. The first kappa shape index (κ1) is 21.6. The van der Waals surface area contributed by atoms with Gasteiger partial charge in [-0.15, -0.1) is 0 Å². The van der Waals surface area contributed by atoms with Gasteiger partial charge in [-0.1, -0.05) is 73.9 Å². The number of hydrogen-bond acceptors (Lipinski definition) is 4. The summed E-state index contributed by atoms with van der Waals surface area (Å²) < 4.78 is 12.1. The van der Waals surface area contributed by atoms with Crippen molar-refractivity contribution in [1.82, 2.24) is 5.32 Å². The van der Waals surface area contributed by atoms with Crippen molar-refractivity contribution in [1.29, 1.82) is 0 Å². The van der Waals surface area contributed by atoms with Gasteiger partial charge in [-0.3, -0.25) is 4.79 Å². The first-order chi connectivity index (χ1) is 15.2. The molecule has 31 heavy (non-hydrogen) atoms. The molecule has 4 rings (SSSR count). The number of rotatable bonds is 7. The molecule has 5 nitrogen and oxygen atoms in total. The lowest BCUT2D eigenvalue weighted by Crippen LogP contribution is -2.39. The number of carbonyl (C=O) groups excluding carboxylic acids is 1. The minimum absolute atomic E-state index is 0.0237. The van der Waals surface area contributed by atoms with Gasteiger partial charge in [-0.25, -0.2) is 0 Å². The molecule has 2 aromatic rings. The van der Waals surface area contributed by atoms with Crippen LogP contribution in [-0.4, -0.2) is 23.3 Å². The number of allylic oxidation sites excluding steroid dienone is 1. The third-order valence-corrected chi connectivity index (χ3v) is 6.09. The van der Waals surface area contributed by atoms with Crippen molar-refractivity contribution in [2.24, 2.45) is 0 Å². The quantitative estimate of drug-likeness (QED) is 0.688. The van der Waals surface area contributed by atoms with Gasteiger partial charge in [-0.2, -0.15) is 0 Å². The molecular weight excluding hydrogens is 390 g/mol. The Morgan fingerprint density at radius 1 is 1.00 bits per heavy atom. The highest BCUT2D eigenvalue weighted by Crippen LogP contribution is 2.32. The molecule has 2 aromatic carbocycles. The van der Waals surface area contributed by atoms with Gasteiger partial charge in [0.05, 0.1) is 13.2 Å². The number of aliphatic hydroxyl groups is 1. The van der Waals surface area contributed by atoms with Crippen LogP contribution in [0.5, 0.6) is 0 Å². The van der Waals surface area contributed by atoms with E-state index in [0.29, 0.717) is 18.8 Å². The molecule has 1 aliphatic heterocycles. The fourth-order valence-corrected chi connectivity index (χ4v) is 4.28. The van der Waals surface area contributed by atoms with E-state index >= 15 is 0 Å². The molecule has 2 N–H and O–H groups in total. The number of aliphatic hydroxyl groups excluding tert-OH is 1. The summed E-state index contributed by atoms with van der Waals surface area (Å²) in [6.07, 6.45) is 7.73. The summed E-state index contributed by atoms with van der Waals surface area (Å²) in [5, 5.41) is 12.4. The van der Waals surface area contributed by atoms with Crippen molar-refractivity contribution in [2.75, 3.05) is 0 Å². The molecule has 2 aliphatic rings. The molecule has 0 unspecified atom stereocenters. The van der Waals surface area contributed by atoms with E-state index in [1.165, 1.54) is 6.42 Å². The minimum Gasteiger partial charge on any atom is -0.459 e.